The molecule has 0 saturated carbocycles. The van der Waals surface area contributed by atoms with Crippen LogP contribution in [0.5, 0.6) is 161 Å². The largest absolute Gasteiger partial charge is 0.508 e. The van der Waals surface area contributed by atoms with Gasteiger partial charge in [-0.25, -0.2) is 0 Å². The molecule has 0 spiro atoms. The van der Waals surface area contributed by atoms with E-state index >= 15 is 0 Å². The van der Waals surface area contributed by atoms with E-state index in [1.807, 2.05) is 0 Å². The first-order valence-electron chi connectivity index (χ1n) is 31.8. The van der Waals surface area contributed by atoms with Gasteiger partial charge in [0.2, 0.25) is 0 Å². The van der Waals surface area contributed by atoms with Gasteiger partial charge >= 0.3 is 0 Å². The summed E-state index contributed by atoms with van der Waals surface area (Å²) in [5, 5.41) is 242. The van der Waals surface area contributed by atoms with Crippen molar-refractivity contribution in [3.05, 3.63) is 340 Å². The average Bonchev–Trinajstić information content (AvgIpc) is 1.69. The Bertz CT molecular complexity index is 3490. The monoisotopic (exact) mass is 1540 g/mol. The zero-order chi connectivity index (χ0) is 83.8. The zero-order valence-corrected chi connectivity index (χ0v) is 58.9. The molecule has 0 fully saturated rings. The van der Waals surface area contributed by atoms with Crippen LogP contribution < -0.4 is 0 Å². The summed E-state index contributed by atoms with van der Waals surface area (Å²) in [7, 11) is 0. The molecule has 0 aliphatic heterocycles. The van der Waals surface area contributed by atoms with Crippen LogP contribution in [0.1, 0.15) is 0 Å². The minimum atomic E-state index is 0.0880. The molecule has 14 aromatic carbocycles. The van der Waals surface area contributed by atoms with Crippen molar-refractivity contribution in [1.29, 1.82) is 0 Å². The number of aromatic hydroxyl groups is 28. The summed E-state index contributed by atoms with van der Waals surface area (Å²) in [4.78, 5) is 0. The Morgan fingerprint density at radius 2 is 0.107 bits per heavy atom. The third-order valence-electron chi connectivity index (χ3n) is 11.6. The molecule has 28 N–H and O–H groups in total. The Morgan fingerprint density at radius 1 is 0.0714 bits per heavy atom. The summed E-state index contributed by atoms with van der Waals surface area (Å²) < 4.78 is 0. The van der Waals surface area contributed by atoms with E-state index in [1.165, 1.54) is 255 Å². The standard InChI is InChI=1S/14C6H6O2/c14*7-5-2-1-3-6(8)4-5/h14*1-4,7-8H. The van der Waals surface area contributed by atoms with Crippen LogP contribution in [-0.2, 0) is 0 Å². The minimum absolute atomic E-state index is 0.0880. The molecule has 0 unspecified atom stereocenters. The number of phenols is 28. The van der Waals surface area contributed by atoms with Crippen molar-refractivity contribution in [3.63, 3.8) is 0 Å². The topological polar surface area (TPSA) is 566 Å². The van der Waals surface area contributed by atoms with Gasteiger partial charge in [-0.15, -0.1) is 0 Å². The smallest absolute Gasteiger partial charge is 0.119 e. The van der Waals surface area contributed by atoms with Gasteiger partial charge in [0.15, 0.2) is 0 Å². The predicted octanol–water partition coefficient (Wildman–Crippen LogP) is 15.4. The molecule has 14 aromatic rings. The Balaban J connectivity index is 0.000000603. The maximum Gasteiger partial charge on any atom is 0.119 e. The molecule has 0 heterocycles. The SMILES string of the molecule is Oc1cccc(O)c1.Oc1cccc(O)c1.Oc1cccc(O)c1.Oc1cccc(O)c1.Oc1cccc(O)c1.Oc1cccc(O)c1.Oc1cccc(O)c1.Oc1cccc(O)c1.Oc1cccc(O)c1.Oc1cccc(O)c1.Oc1cccc(O)c1.Oc1cccc(O)c1.Oc1cccc(O)c1.Oc1cccc(O)c1. The first-order chi connectivity index (χ1) is 53.0. The van der Waals surface area contributed by atoms with E-state index in [0.717, 1.165) is 0 Å². The van der Waals surface area contributed by atoms with Crippen molar-refractivity contribution in [2.45, 2.75) is 0 Å². The molecule has 14 rings (SSSR count). The molecule has 0 radical (unpaired) electrons. The molecule has 0 bridgehead atoms. The molecule has 28 heteroatoms. The fourth-order valence-electron chi connectivity index (χ4n) is 6.90. The van der Waals surface area contributed by atoms with Crippen LogP contribution >= 0.6 is 0 Å². The Labute approximate surface area is 640 Å². The van der Waals surface area contributed by atoms with Gasteiger partial charge in [0.05, 0.1) is 0 Å². The highest BCUT2D eigenvalue weighted by Crippen LogP contribution is 2.24. The predicted molar refractivity (Wildman–Crippen MR) is 417 cm³/mol. The van der Waals surface area contributed by atoms with E-state index in [0.29, 0.717) is 0 Å². The Kier molecular flexibility index (Phi) is 45.2. The van der Waals surface area contributed by atoms with E-state index in [-0.39, 0.29) is 161 Å². The maximum absolute atomic E-state index is 8.65. The highest BCUT2D eigenvalue weighted by atomic mass is 16.3. The normalized spacial score (nSPS) is 9.00. The van der Waals surface area contributed by atoms with Crippen LogP contribution in [0, 0.1) is 0 Å². The highest BCUT2D eigenvalue weighted by Gasteiger charge is 1.95. The number of rotatable bonds is 0. The molecule has 0 atom stereocenters. The van der Waals surface area contributed by atoms with Crippen LogP contribution in [0.2, 0.25) is 0 Å². The van der Waals surface area contributed by atoms with Crippen LogP contribution in [0.3, 0.4) is 0 Å². The second-order valence-electron chi connectivity index (χ2n) is 21.3. The Hall–Kier alpha value is -16.5. The van der Waals surface area contributed by atoms with Crippen LogP contribution in [-0.4, -0.2) is 143 Å². The van der Waals surface area contributed by atoms with Crippen molar-refractivity contribution in [2.75, 3.05) is 0 Å². The van der Waals surface area contributed by atoms with Crippen molar-refractivity contribution < 1.29 is 143 Å². The molecule has 28 nitrogen and oxygen atoms in total. The van der Waals surface area contributed by atoms with Crippen molar-refractivity contribution in [2.24, 2.45) is 0 Å². The summed E-state index contributed by atoms with van der Waals surface area (Å²) in [6, 6.07) is 81.9. The zero-order valence-electron chi connectivity index (χ0n) is 58.9. The molecular formula is C84H84O28. The van der Waals surface area contributed by atoms with Gasteiger partial charge in [0, 0.05) is 84.9 Å². The van der Waals surface area contributed by atoms with Gasteiger partial charge < -0.3 is 143 Å². The van der Waals surface area contributed by atoms with Crippen LogP contribution in [0.15, 0.2) is 340 Å². The molecular weight excluding hydrogens is 1460 g/mol. The quantitative estimate of drug-likeness (QED) is 0.0670. The van der Waals surface area contributed by atoms with E-state index in [2.05, 4.69) is 0 Å². The first-order valence-corrected chi connectivity index (χ1v) is 31.8. The second kappa shape index (κ2) is 54.1. The van der Waals surface area contributed by atoms with Crippen molar-refractivity contribution in [1.82, 2.24) is 0 Å². The number of hydrogen-bond acceptors (Lipinski definition) is 28. The van der Waals surface area contributed by atoms with Gasteiger partial charge in [0.1, 0.15) is 161 Å². The van der Waals surface area contributed by atoms with Gasteiger partial charge in [-0.3, -0.25) is 0 Å². The minimum Gasteiger partial charge on any atom is -0.508 e. The van der Waals surface area contributed by atoms with E-state index in [4.69, 9.17) is 143 Å². The van der Waals surface area contributed by atoms with Crippen molar-refractivity contribution in [3.8, 4) is 161 Å². The lowest BCUT2D eigenvalue weighted by Gasteiger charge is -1.89. The summed E-state index contributed by atoms with van der Waals surface area (Å²) in [5.74, 6) is 2.46. The van der Waals surface area contributed by atoms with Crippen LogP contribution in [0.25, 0.3) is 0 Å². The third kappa shape index (κ3) is 52.4. The maximum atomic E-state index is 8.65. The van der Waals surface area contributed by atoms with Crippen LogP contribution in [0.4, 0.5) is 0 Å². The van der Waals surface area contributed by atoms with E-state index in [9.17, 15) is 0 Å². The lowest BCUT2D eigenvalue weighted by Crippen LogP contribution is -1.61. The average molecular weight is 1540 g/mol. The molecule has 0 saturated heterocycles. The van der Waals surface area contributed by atoms with Gasteiger partial charge in [-0.2, -0.15) is 0 Å². The summed E-state index contributed by atoms with van der Waals surface area (Å²) in [6.07, 6.45) is 0. The molecule has 588 valence electrons. The van der Waals surface area contributed by atoms with Crippen molar-refractivity contribution >= 4 is 0 Å². The summed E-state index contributed by atoms with van der Waals surface area (Å²) in [5.41, 5.74) is 0. The summed E-state index contributed by atoms with van der Waals surface area (Å²) in [6.45, 7) is 0. The van der Waals surface area contributed by atoms with Gasteiger partial charge in [-0.05, 0) is 170 Å². The molecule has 0 aromatic heterocycles. The molecule has 112 heavy (non-hydrogen) atoms. The third-order valence-corrected chi connectivity index (χ3v) is 11.6. The fraction of sp³-hybridized carbons (Fsp3) is 0. The number of phenolic OH excluding ortho intramolecular Hbond substituents is 28. The van der Waals surface area contributed by atoms with E-state index < -0.39 is 0 Å². The summed E-state index contributed by atoms with van der Waals surface area (Å²) >= 11 is 0. The number of hydrogen-bond donors (Lipinski definition) is 28. The van der Waals surface area contributed by atoms with E-state index in [1.54, 1.807) is 84.9 Å². The first kappa shape index (κ1) is 93.5. The molecule has 0 aliphatic rings. The lowest BCUT2D eigenvalue weighted by molar-refractivity contribution is 0.449. The molecule has 0 aliphatic carbocycles. The highest BCUT2D eigenvalue weighted by molar-refractivity contribution is 5.38. The van der Waals surface area contributed by atoms with Gasteiger partial charge in [-0.1, -0.05) is 84.9 Å². The number of benzene rings is 14. The Morgan fingerprint density at radius 3 is 0.125 bits per heavy atom. The second-order valence-corrected chi connectivity index (χ2v) is 21.3. The molecule has 0 amide bonds. The fourth-order valence-corrected chi connectivity index (χ4v) is 6.90. The van der Waals surface area contributed by atoms with Gasteiger partial charge in [0.25, 0.3) is 0 Å². The lowest BCUT2D eigenvalue weighted by atomic mass is 10.3.